The lowest BCUT2D eigenvalue weighted by atomic mass is 9.86. The molecule has 5 rings (SSSR count). The third-order valence-corrected chi connectivity index (χ3v) is 7.50. The van der Waals surface area contributed by atoms with Crippen molar-refractivity contribution in [2.45, 2.75) is 38.8 Å². The third-order valence-electron chi connectivity index (χ3n) is 6.61. The number of hydrogen-bond acceptors (Lipinski definition) is 5. The molecule has 4 atom stereocenters. The SMILES string of the molecule is CCCCN1C(=O)[C@@H]2[C@@H](C1=O)[C@@H]1C=C(C)c3ccccc3N1[C@@H]2C(=O)c1cccs1. The Balaban J connectivity index is 1.65. The zero-order valence-corrected chi connectivity index (χ0v) is 17.9. The second kappa shape index (κ2) is 7.20. The average Bonchev–Trinajstić information content (AvgIpc) is 3.44. The summed E-state index contributed by atoms with van der Waals surface area (Å²) in [5, 5.41) is 1.88. The van der Waals surface area contributed by atoms with Crippen molar-refractivity contribution >= 4 is 40.2 Å². The Bertz CT molecular complexity index is 1060. The standard InChI is InChI=1S/C24H24N2O3S/c1-3-4-11-25-23(28)19-17-13-14(2)15-8-5-6-9-16(15)26(17)21(20(19)24(25)29)22(27)18-10-7-12-30-18/h5-10,12-13,17,19-21H,3-4,11H2,1-2H3/t17-,19-,20+,21-/m0/s1. The number of Topliss-reactive ketones (excluding diaryl/α,β-unsaturated/α-hetero) is 1. The van der Waals surface area contributed by atoms with Gasteiger partial charge in [0.2, 0.25) is 11.8 Å². The van der Waals surface area contributed by atoms with Crippen LogP contribution in [0.3, 0.4) is 0 Å². The number of nitrogens with zero attached hydrogens (tertiary/aromatic N) is 2. The van der Waals surface area contributed by atoms with E-state index in [1.165, 1.54) is 16.2 Å². The minimum atomic E-state index is -0.660. The van der Waals surface area contributed by atoms with Crippen LogP contribution in [0.4, 0.5) is 5.69 Å². The van der Waals surface area contributed by atoms with Crippen LogP contribution in [0, 0.1) is 11.8 Å². The Labute approximate surface area is 180 Å². The zero-order valence-electron chi connectivity index (χ0n) is 17.1. The molecule has 5 nitrogen and oxygen atoms in total. The van der Waals surface area contributed by atoms with Gasteiger partial charge in [0.05, 0.1) is 22.8 Å². The number of ketones is 1. The summed E-state index contributed by atoms with van der Waals surface area (Å²) < 4.78 is 0. The van der Waals surface area contributed by atoms with Crippen LogP contribution < -0.4 is 4.90 Å². The minimum Gasteiger partial charge on any atom is -0.352 e. The number of imide groups is 1. The molecule has 0 spiro atoms. The average molecular weight is 421 g/mol. The Hall–Kier alpha value is -2.73. The number of rotatable bonds is 5. The summed E-state index contributed by atoms with van der Waals surface area (Å²) in [6.45, 7) is 4.52. The number of carbonyl (C=O) groups is 3. The van der Waals surface area contributed by atoms with Gasteiger partial charge in [-0.15, -0.1) is 11.3 Å². The monoisotopic (exact) mass is 420 g/mol. The fourth-order valence-corrected chi connectivity index (χ4v) is 5.96. The number of fused-ring (bicyclic) bond motifs is 5. The maximum Gasteiger partial charge on any atom is 0.235 e. The molecule has 30 heavy (non-hydrogen) atoms. The van der Waals surface area contributed by atoms with Crippen LogP contribution in [-0.4, -0.2) is 41.1 Å². The van der Waals surface area contributed by atoms with Gasteiger partial charge >= 0.3 is 0 Å². The van der Waals surface area contributed by atoms with E-state index in [2.05, 4.69) is 6.08 Å². The normalized spacial score (nSPS) is 27.1. The number of benzene rings is 1. The number of amides is 2. The van der Waals surface area contributed by atoms with E-state index < -0.39 is 17.9 Å². The highest BCUT2D eigenvalue weighted by Gasteiger charge is 2.64. The van der Waals surface area contributed by atoms with Crippen LogP contribution in [0.25, 0.3) is 5.57 Å². The van der Waals surface area contributed by atoms with E-state index in [1.54, 1.807) is 0 Å². The van der Waals surface area contributed by atoms with Gasteiger partial charge in [-0.2, -0.15) is 0 Å². The molecular formula is C24H24N2O3S. The maximum absolute atomic E-state index is 13.6. The first-order valence-electron chi connectivity index (χ1n) is 10.5. The molecule has 0 saturated carbocycles. The topological polar surface area (TPSA) is 57.7 Å². The summed E-state index contributed by atoms with van der Waals surface area (Å²) in [7, 11) is 0. The van der Waals surface area contributed by atoms with Crippen molar-refractivity contribution in [2.75, 3.05) is 11.4 Å². The van der Waals surface area contributed by atoms with Gasteiger partial charge in [-0.25, -0.2) is 0 Å². The number of carbonyl (C=O) groups excluding carboxylic acids is 3. The van der Waals surface area contributed by atoms with Crippen molar-refractivity contribution in [3.63, 3.8) is 0 Å². The molecule has 154 valence electrons. The molecule has 4 heterocycles. The van der Waals surface area contributed by atoms with E-state index in [1.807, 2.05) is 60.5 Å². The van der Waals surface area contributed by atoms with Crippen molar-refractivity contribution in [1.82, 2.24) is 4.90 Å². The number of likely N-dealkylation sites (tertiary alicyclic amines) is 1. The number of anilines is 1. The highest BCUT2D eigenvalue weighted by molar-refractivity contribution is 7.12. The Morgan fingerprint density at radius 3 is 2.57 bits per heavy atom. The number of para-hydroxylation sites is 1. The van der Waals surface area contributed by atoms with Crippen molar-refractivity contribution < 1.29 is 14.4 Å². The van der Waals surface area contributed by atoms with Crippen LogP contribution in [0.15, 0.2) is 47.9 Å². The highest BCUT2D eigenvalue weighted by atomic mass is 32.1. The van der Waals surface area contributed by atoms with Crippen LogP contribution in [0.2, 0.25) is 0 Å². The zero-order chi connectivity index (χ0) is 21.0. The molecule has 0 unspecified atom stereocenters. The van der Waals surface area contributed by atoms with Gasteiger partial charge in [-0.3, -0.25) is 19.3 Å². The van der Waals surface area contributed by atoms with Gasteiger partial charge in [0.25, 0.3) is 0 Å². The largest absolute Gasteiger partial charge is 0.352 e. The molecular weight excluding hydrogens is 396 g/mol. The molecule has 2 fully saturated rings. The molecule has 0 aliphatic carbocycles. The van der Waals surface area contributed by atoms with Crippen molar-refractivity contribution in [1.29, 1.82) is 0 Å². The molecule has 1 aromatic heterocycles. The number of hydrogen-bond donors (Lipinski definition) is 0. The lowest BCUT2D eigenvalue weighted by molar-refractivity contribution is -0.140. The first-order valence-corrected chi connectivity index (χ1v) is 11.4. The minimum absolute atomic E-state index is 0.0660. The smallest absolute Gasteiger partial charge is 0.235 e. The summed E-state index contributed by atoms with van der Waals surface area (Å²) in [6, 6.07) is 10.7. The summed E-state index contributed by atoms with van der Waals surface area (Å²) in [5.41, 5.74) is 3.08. The molecule has 2 amide bonds. The predicted octanol–water partition coefficient (Wildman–Crippen LogP) is 4.01. The second-order valence-corrected chi connectivity index (χ2v) is 9.23. The van der Waals surface area contributed by atoms with Gasteiger partial charge < -0.3 is 4.90 Å². The van der Waals surface area contributed by atoms with E-state index in [9.17, 15) is 14.4 Å². The van der Waals surface area contributed by atoms with Crippen LogP contribution in [-0.2, 0) is 9.59 Å². The van der Waals surface area contributed by atoms with Gasteiger partial charge in [0, 0.05) is 17.8 Å². The highest BCUT2D eigenvalue weighted by Crippen LogP contribution is 2.50. The molecule has 0 radical (unpaired) electrons. The Morgan fingerprint density at radius 2 is 1.83 bits per heavy atom. The molecule has 3 aliphatic heterocycles. The Kier molecular flexibility index (Phi) is 4.62. The first kappa shape index (κ1) is 19.2. The first-order chi connectivity index (χ1) is 14.5. The molecule has 2 saturated heterocycles. The summed E-state index contributed by atoms with van der Waals surface area (Å²) in [6.07, 6.45) is 3.77. The lowest BCUT2D eigenvalue weighted by Crippen LogP contribution is -2.49. The van der Waals surface area contributed by atoms with Crippen molar-refractivity contribution in [3.8, 4) is 0 Å². The second-order valence-electron chi connectivity index (χ2n) is 8.28. The van der Waals surface area contributed by atoms with Crippen molar-refractivity contribution in [3.05, 3.63) is 58.3 Å². The van der Waals surface area contributed by atoms with Gasteiger partial charge in [-0.1, -0.05) is 43.7 Å². The fraction of sp³-hybridized carbons (Fsp3) is 0.375. The third kappa shape index (κ3) is 2.63. The van der Waals surface area contributed by atoms with E-state index >= 15 is 0 Å². The van der Waals surface area contributed by atoms with Gasteiger partial charge in [0.15, 0.2) is 5.78 Å². The predicted molar refractivity (Wildman–Crippen MR) is 117 cm³/mol. The lowest BCUT2D eigenvalue weighted by Gasteiger charge is -2.37. The number of unbranched alkanes of at least 4 members (excludes halogenated alkanes) is 1. The Morgan fingerprint density at radius 1 is 1.07 bits per heavy atom. The molecule has 0 bridgehead atoms. The van der Waals surface area contributed by atoms with Crippen LogP contribution >= 0.6 is 11.3 Å². The van der Waals surface area contributed by atoms with Crippen LogP contribution in [0.5, 0.6) is 0 Å². The van der Waals surface area contributed by atoms with Crippen molar-refractivity contribution in [2.24, 2.45) is 11.8 Å². The van der Waals surface area contributed by atoms with E-state index in [0.29, 0.717) is 11.4 Å². The molecule has 0 N–H and O–H groups in total. The van der Waals surface area contributed by atoms with E-state index in [-0.39, 0.29) is 23.6 Å². The quantitative estimate of drug-likeness (QED) is 0.542. The molecule has 3 aliphatic rings. The fourth-order valence-electron chi connectivity index (χ4n) is 5.26. The van der Waals surface area contributed by atoms with E-state index in [4.69, 9.17) is 0 Å². The van der Waals surface area contributed by atoms with Crippen LogP contribution in [0.1, 0.15) is 41.9 Å². The number of thiophene rings is 1. The summed E-state index contributed by atoms with van der Waals surface area (Å²) in [5.74, 6) is -1.52. The molecule has 6 heteroatoms. The van der Waals surface area contributed by atoms with Gasteiger partial charge in [-0.05, 0) is 36.4 Å². The summed E-state index contributed by atoms with van der Waals surface area (Å²) in [4.78, 5) is 44.5. The number of allylic oxidation sites excluding steroid dienone is 1. The van der Waals surface area contributed by atoms with E-state index in [0.717, 1.165) is 29.7 Å². The molecule has 1 aromatic carbocycles. The maximum atomic E-state index is 13.6. The van der Waals surface area contributed by atoms with Gasteiger partial charge in [0.1, 0.15) is 6.04 Å². The summed E-state index contributed by atoms with van der Waals surface area (Å²) >= 11 is 1.39. The molecule has 2 aromatic rings.